The molecule has 4 aliphatic rings. The summed E-state index contributed by atoms with van der Waals surface area (Å²) in [5.41, 5.74) is 1.02. The van der Waals surface area contributed by atoms with Gasteiger partial charge in [-0.1, -0.05) is 18.6 Å². The zero-order chi connectivity index (χ0) is 30.0. The van der Waals surface area contributed by atoms with Gasteiger partial charge in [0.25, 0.3) is 0 Å². The van der Waals surface area contributed by atoms with E-state index in [1.807, 2.05) is 0 Å². The molecule has 1 saturated heterocycles. The van der Waals surface area contributed by atoms with E-state index in [2.05, 4.69) is 9.44 Å². The van der Waals surface area contributed by atoms with Gasteiger partial charge in [-0.2, -0.15) is 0 Å². The van der Waals surface area contributed by atoms with Crippen molar-refractivity contribution in [1.29, 1.82) is 0 Å². The fourth-order valence-electron chi connectivity index (χ4n) is 6.82. The van der Waals surface area contributed by atoms with E-state index in [9.17, 15) is 26.4 Å². The summed E-state index contributed by atoms with van der Waals surface area (Å²) in [6.07, 6.45) is 4.57. The molecule has 226 valence electrons. The first-order valence-electron chi connectivity index (χ1n) is 14.6. The molecule has 0 radical (unpaired) electrons. The van der Waals surface area contributed by atoms with E-state index in [0.717, 1.165) is 25.7 Å². The lowest BCUT2D eigenvalue weighted by atomic mass is 9.96. The molecule has 2 bridgehead atoms. The lowest BCUT2D eigenvalue weighted by molar-refractivity contribution is 0.0203. The van der Waals surface area contributed by atoms with E-state index in [1.165, 1.54) is 24.3 Å². The smallest absolute Gasteiger partial charge is 0.410 e. The van der Waals surface area contributed by atoms with Crippen LogP contribution >= 0.6 is 0 Å². The van der Waals surface area contributed by atoms with E-state index < -0.39 is 37.5 Å². The summed E-state index contributed by atoms with van der Waals surface area (Å²) in [4.78, 5) is 27.3. The molecule has 1 aliphatic heterocycles. The van der Waals surface area contributed by atoms with Crippen molar-refractivity contribution in [2.24, 2.45) is 11.8 Å². The third kappa shape index (κ3) is 5.61. The summed E-state index contributed by atoms with van der Waals surface area (Å²) in [6, 6.07) is 8.51. The Morgan fingerprint density at radius 3 is 1.88 bits per heavy atom. The fraction of sp³-hybridized carbons (Fsp3) is 0.533. The molecule has 2 N–H and O–H groups in total. The second kappa shape index (κ2) is 10.4. The molecule has 2 aromatic rings. The second-order valence-corrected chi connectivity index (χ2v) is 16.4. The van der Waals surface area contributed by atoms with Crippen LogP contribution in [0.2, 0.25) is 0 Å². The molecule has 0 aromatic heterocycles. The summed E-state index contributed by atoms with van der Waals surface area (Å²) in [5, 5.41) is 0. The monoisotopic (exact) mass is 615 g/mol. The van der Waals surface area contributed by atoms with E-state index >= 15 is 0 Å². The lowest BCUT2D eigenvalue weighted by Crippen LogP contribution is -2.47. The average Bonchev–Trinajstić information content (AvgIpc) is 3.61. The highest BCUT2D eigenvalue weighted by atomic mass is 32.2. The molecule has 1 amide bonds. The highest BCUT2D eigenvalue weighted by Gasteiger charge is 2.41. The molecule has 1 heterocycles. The summed E-state index contributed by atoms with van der Waals surface area (Å²) in [7, 11) is -7.76. The number of fused-ring (bicyclic) bond motifs is 5. The Balaban J connectivity index is 1.14. The summed E-state index contributed by atoms with van der Waals surface area (Å²) in [5.74, 6) is 0.556. The van der Waals surface area contributed by atoms with Crippen molar-refractivity contribution in [2.75, 3.05) is 13.1 Å². The highest BCUT2D eigenvalue weighted by Crippen LogP contribution is 2.45. The minimum absolute atomic E-state index is 0.0391. The summed E-state index contributed by atoms with van der Waals surface area (Å²) < 4.78 is 63.9. The normalized spacial score (nSPS) is 24.1. The molecule has 12 heteroatoms. The number of sulfonamides is 2. The minimum atomic E-state index is -3.95. The highest BCUT2D eigenvalue weighted by molar-refractivity contribution is 7.89. The molecule has 0 spiro atoms. The number of likely N-dealkylation sites (tertiary alicyclic amines) is 1. The fourth-order valence-corrected chi connectivity index (χ4v) is 9.50. The van der Waals surface area contributed by atoms with Gasteiger partial charge in [0.15, 0.2) is 5.78 Å². The van der Waals surface area contributed by atoms with Gasteiger partial charge in [0.05, 0.1) is 9.79 Å². The predicted octanol–water partition coefficient (Wildman–Crippen LogP) is 4.04. The second-order valence-electron chi connectivity index (χ2n) is 13.0. The van der Waals surface area contributed by atoms with Crippen LogP contribution in [0.25, 0.3) is 11.1 Å². The van der Waals surface area contributed by atoms with Crippen LogP contribution in [-0.4, -0.2) is 64.4 Å². The Kier molecular flexibility index (Phi) is 7.27. The van der Waals surface area contributed by atoms with Gasteiger partial charge >= 0.3 is 6.09 Å². The molecule has 3 fully saturated rings. The number of nitrogens with zero attached hydrogens (tertiary/aromatic N) is 1. The topological polar surface area (TPSA) is 139 Å². The Hall–Kier alpha value is -2.80. The van der Waals surface area contributed by atoms with Gasteiger partial charge in [-0.3, -0.25) is 4.79 Å². The van der Waals surface area contributed by atoms with E-state index in [4.69, 9.17) is 4.74 Å². The third-order valence-electron chi connectivity index (χ3n) is 8.90. The van der Waals surface area contributed by atoms with Crippen molar-refractivity contribution >= 4 is 31.9 Å². The van der Waals surface area contributed by atoms with Gasteiger partial charge in [0.1, 0.15) is 5.60 Å². The Bertz CT molecular complexity index is 1660. The number of ether oxygens (including phenoxy) is 1. The first-order chi connectivity index (χ1) is 19.7. The van der Waals surface area contributed by atoms with Gasteiger partial charge in [0, 0.05) is 36.3 Å². The van der Waals surface area contributed by atoms with Gasteiger partial charge in [-0.05, 0) is 100 Å². The standard InChI is InChI=1S/C30H37N3O7S2/c1-30(2,3)40-29(35)33-12-10-20(11-13-33)31-41(36,37)21-6-8-23-24-9-7-22(17-26(24)28(34)25(23)16-21)42(38,39)32-27-15-18-4-5-19(27)14-18/h6-9,16-20,27,31-32H,4-5,10-15H2,1-3H3. The van der Waals surface area contributed by atoms with Crippen LogP contribution < -0.4 is 9.44 Å². The predicted molar refractivity (Wildman–Crippen MR) is 156 cm³/mol. The Morgan fingerprint density at radius 1 is 0.810 bits per heavy atom. The Morgan fingerprint density at radius 2 is 1.38 bits per heavy atom. The summed E-state index contributed by atoms with van der Waals surface area (Å²) in [6.45, 7) is 6.11. The van der Waals surface area contributed by atoms with Crippen LogP contribution in [-0.2, 0) is 24.8 Å². The van der Waals surface area contributed by atoms with Crippen LogP contribution in [0.15, 0.2) is 46.2 Å². The minimum Gasteiger partial charge on any atom is -0.444 e. The molecule has 3 unspecified atom stereocenters. The first-order valence-corrected chi connectivity index (χ1v) is 17.5. The number of carbonyl (C=O) groups is 2. The number of piperidine rings is 1. The number of nitrogens with one attached hydrogen (secondary N) is 2. The Labute approximate surface area is 247 Å². The van der Waals surface area contributed by atoms with Crippen LogP contribution in [0.4, 0.5) is 4.79 Å². The number of benzene rings is 2. The number of hydrogen-bond donors (Lipinski definition) is 2. The van der Waals surface area contributed by atoms with Crippen LogP contribution in [0.5, 0.6) is 0 Å². The zero-order valence-corrected chi connectivity index (χ0v) is 25.7. The number of rotatable bonds is 6. The number of ketones is 1. The van der Waals surface area contributed by atoms with Crippen LogP contribution in [0.1, 0.15) is 75.2 Å². The van der Waals surface area contributed by atoms with E-state index in [0.29, 0.717) is 48.9 Å². The largest absolute Gasteiger partial charge is 0.444 e. The molecule has 10 nitrogen and oxygen atoms in total. The van der Waals surface area contributed by atoms with Crippen molar-refractivity contribution < 1.29 is 31.2 Å². The summed E-state index contributed by atoms with van der Waals surface area (Å²) >= 11 is 0. The van der Waals surface area contributed by atoms with E-state index in [-0.39, 0.29) is 33.0 Å². The molecule has 6 rings (SSSR count). The molecule has 2 saturated carbocycles. The van der Waals surface area contributed by atoms with Crippen molar-refractivity contribution in [3.8, 4) is 11.1 Å². The number of carbonyl (C=O) groups excluding carboxylic acids is 2. The van der Waals surface area contributed by atoms with E-state index in [1.54, 1.807) is 37.8 Å². The van der Waals surface area contributed by atoms with Gasteiger partial charge in [-0.25, -0.2) is 31.1 Å². The zero-order valence-electron chi connectivity index (χ0n) is 24.1. The first kappa shape index (κ1) is 29.3. The third-order valence-corrected chi connectivity index (χ3v) is 11.9. The van der Waals surface area contributed by atoms with Crippen LogP contribution in [0, 0.1) is 11.8 Å². The molecule has 42 heavy (non-hydrogen) atoms. The van der Waals surface area contributed by atoms with Crippen molar-refractivity contribution in [2.45, 2.75) is 86.8 Å². The number of hydrogen-bond acceptors (Lipinski definition) is 7. The van der Waals surface area contributed by atoms with Gasteiger partial charge < -0.3 is 9.64 Å². The van der Waals surface area contributed by atoms with Crippen molar-refractivity contribution in [1.82, 2.24) is 14.3 Å². The molecular weight excluding hydrogens is 578 g/mol. The maximum atomic E-state index is 13.4. The quantitative estimate of drug-likeness (QED) is 0.427. The maximum absolute atomic E-state index is 13.4. The van der Waals surface area contributed by atoms with Crippen molar-refractivity contribution in [3.05, 3.63) is 47.5 Å². The lowest BCUT2D eigenvalue weighted by Gasteiger charge is -2.33. The van der Waals surface area contributed by atoms with Crippen LogP contribution in [0.3, 0.4) is 0 Å². The average molecular weight is 616 g/mol. The van der Waals surface area contributed by atoms with Gasteiger partial charge in [0.2, 0.25) is 20.0 Å². The molecular formula is C30H37N3O7S2. The molecule has 3 aliphatic carbocycles. The number of amides is 1. The maximum Gasteiger partial charge on any atom is 0.410 e. The SMILES string of the molecule is CC(C)(C)OC(=O)N1CCC(NS(=O)(=O)c2ccc3c(c2)C(=O)c2cc(S(=O)(=O)NC4CC5CCC4C5)ccc2-3)CC1. The molecule has 2 aromatic carbocycles. The van der Waals surface area contributed by atoms with Gasteiger partial charge in [-0.15, -0.1) is 0 Å². The molecule has 3 atom stereocenters. The van der Waals surface area contributed by atoms with Crippen molar-refractivity contribution in [3.63, 3.8) is 0 Å².